The molecule has 1 amide bonds. The molecule has 8 heteroatoms. The molecule has 32 heavy (non-hydrogen) atoms. The molecule has 0 radical (unpaired) electrons. The van der Waals surface area contributed by atoms with Crippen LogP contribution in [0.4, 0.5) is 0 Å². The summed E-state index contributed by atoms with van der Waals surface area (Å²) in [6.07, 6.45) is 2.38. The molecular weight excluding hydrogens is 428 g/mol. The lowest BCUT2D eigenvalue weighted by Gasteiger charge is -2.17. The van der Waals surface area contributed by atoms with Crippen molar-refractivity contribution in [3.63, 3.8) is 0 Å². The van der Waals surface area contributed by atoms with Gasteiger partial charge in [-0.15, -0.1) is 0 Å². The van der Waals surface area contributed by atoms with Gasteiger partial charge in [0.2, 0.25) is 5.91 Å². The molecule has 1 aliphatic heterocycles. The van der Waals surface area contributed by atoms with Gasteiger partial charge in [0.1, 0.15) is 6.54 Å². The Kier molecular flexibility index (Phi) is 6.48. The Bertz CT molecular complexity index is 1290. The second-order valence-corrected chi connectivity index (χ2v) is 8.77. The Morgan fingerprint density at radius 1 is 1.03 bits per heavy atom. The second-order valence-electron chi connectivity index (χ2n) is 8.34. The van der Waals surface area contributed by atoms with Crippen LogP contribution in [0.5, 0.6) is 0 Å². The van der Waals surface area contributed by atoms with Crippen molar-refractivity contribution >= 4 is 28.4 Å². The number of aromatic nitrogens is 2. The van der Waals surface area contributed by atoms with Crippen molar-refractivity contribution in [1.29, 1.82) is 0 Å². The molecule has 168 valence electrons. The van der Waals surface area contributed by atoms with Gasteiger partial charge in [0.25, 0.3) is 5.56 Å². The van der Waals surface area contributed by atoms with E-state index in [0.29, 0.717) is 28.2 Å². The van der Waals surface area contributed by atoms with Gasteiger partial charge in [0, 0.05) is 18.1 Å². The van der Waals surface area contributed by atoms with Crippen LogP contribution < -0.4 is 16.6 Å². The smallest absolute Gasteiger partial charge is 0.336 e. The second kappa shape index (κ2) is 9.30. The normalized spacial score (nSPS) is 14.2. The first-order valence-electron chi connectivity index (χ1n) is 10.9. The van der Waals surface area contributed by atoms with E-state index in [1.165, 1.54) is 17.4 Å². The number of rotatable bonds is 6. The standard InChI is InChI=1S/C24H27ClN4O3/c1-16-5-7-19(13-17(16)2)29-23(31)20-8-6-18(25)14-21(20)28(24(29)32)15-22(30)26-9-12-27-10-3-4-11-27/h5-8,13-14H,3-4,9-12,15H2,1-2H3,(H,26,30). The molecule has 0 unspecified atom stereocenters. The first-order chi connectivity index (χ1) is 15.3. The van der Waals surface area contributed by atoms with Crippen LogP contribution in [0, 0.1) is 13.8 Å². The summed E-state index contributed by atoms with van der Waals surface area (Å²) in [4.78, 5) is 41.6. The van der Waals surface area contributed by atoms with Crippen LogP contribution in [0.2, 0.25) is 5.02 Å². The predicted molar refractivity (Wildman–Crippen MR) is 127 cm³/mol. The van der Waals surface area contributed by atoms with Gasteiger partial charge in [-0.25, -0.2) is 9.36 Å². The molecule has 2 aromatic carbocycles. The van der Waals surface area contributed by atoms with Gasteiger partial charge >= 0.3 is 5.69 Å². The van der Waals surface area contributed by atoms with Gasteiger partial charge in [-0.3, -0.25) is 14.2 Å². The summed E-state index contributed by atoms with van der Waals surface area (Å²) >= 11 is 6.15. The fraction of sp³-hybridized carbons (Fsp3) is 0.375. The van der Waals surface area contributed by atoms with Crippen LogP contribution in [-0.2, 0) is 11.3 Å². The first-order valence-corrected chi connectivity index (χ1v) is 11.2. The number of likely N-dealkylation sites (tertiary alicyclic amines) is 1. The number of aryl methyl sites for hydroxylation is 2. The highest BCUT2D eigenvalue weighted by Gasteiger charge is 2.18. The molecule has 1 aromatic heterocycles. The predicted octanol–water partition coefficient (Wildman–Crippen LogP) is 2.63. The maximum atomic E-state index is 13.4. The fourth-order valence-corrected chi connectivity index (χ4v) is 4.31. The van der Waals surface area contributed by atoms with E-state index in [1.54, 1.807) is 30.3 Å². The minimum absolute atomic E-state index is 0.194. The van der Waals surface area contributed by atoms with Crippen LogP contribution in [0.15, 0.2) is 46.0 Å². The number of halogens is 1. The number of nitrogens with one attached hydrogen (secondary N) is 1. The van der Waals surface area contributed by atoms with Gasteiger partial charge in [0.15, 0.2) is 0 Å². The number of nitrogens with zero attached hydrogens (tertiary/aromatic N) is 3. The highest BCUT2D eigenvalue weighted by atomic mass is 35.5. The van der Waals surface area contributed by atoms with Crippen molar-refractivity contribution in [3.8, 4) is 5.69 Å². The number of fused-ring (bicyclic) bond motifs is 1. The topological polar surface area (TPSA) is 76.3 Å². The zero-order valence-corrected chi connectivity index (χ0v) is 19.1. The van der Waals surface area contributed by atoms with E-state index in [1.807, 2.05) is 19.9 Å². The van der Waals surface area contributed by atoms with E-state index >= 15 is 0 Å². The number of hydrogen-bond acceptors (Lipinski definition) is 4. The van der Waals surface area contributed by atoms with E-state index in [-0.39, 0.29) is 12.5 Å². The Morgan fingerprint density at radius 3 is 2.50 bits per heavy atom. The summed E-state index contributed by atoms with van der Waals surface area (Å²) in [7, 11) is 0. The zero-order chi connectivity index (χ0) is 22.8. The van der Waals surface area contributed by atoms with Gasteiger partial charge in [-0.1, -0.05) is 17.7 Å². The van der Waals surface area contributed by atoms with Crippen LogP contribution >= 0.6 is 11.6 Å². The van der Waals surface area contributed by atoms with Gasteiger partial charge in [-0.05, 0) is 81.2 Å². The van der Waals surface area contributed by atoms with Gasteiger partial charge < -0.3 is 10.2 Å². The van der Waals surface area contributed by atoms with E-state index in [2.05, 4.69) is 10.2 Å². The molecule has 3 aromatic rings. The largest absolute Gasteiger partial charge is 0.353 e. The van der Waals surface area contributed by atoms with Crippen LogP contribution in [0.1, 0.15) is 24.0 Å². The summed E-state index contributed by atoms with van der Waals surface area (Å²) in [5.41, 5.74) is 1.85. The Morgan fingerprint density at radius 2 is 1.78 bits per heavy atom. The van der Waals surface area contributed by atoms with Crippen molar-refractivity contribution in [2.45, 2.75) is 33.2 Å². The molecule has 1 fully saturated rings. The molecule has 2 heterocycles. The number of benzene rings is 2. The van der Waals surface area contributed by atoms with Crippen LogP contribution in [0.25, 0.3) is 16.6 Å². The van der Waals surface area contributed by atoms with Crippen molar-refractivity contribution in [3.05, 3.63) is 73.4 Å². The lowest BCUT2D eigenvalue weighted by atomic mass is 10.1. The zero-order valence-electron chi connectivity index (χ0n) is 18.4. The summed E-state index contributed by atoms with van der Waals surface area (Å²) in [6, 6.07) is 10.2. The molecule has 0 bridgehead atoms. The van der Waals surface area contributed by atoms with Crippen molar-refractivity contribution in [1.82, 2.24) is 19.4 Å². The van der Waals surface area contributed by atoms with E-state index < -0.39 is 11.2 Å². The summed E-state index contributed by atoms with van der Waals surface area (Å²) < 4.78 is 2.45. The highest BCUT2D eigenvalue weighted by Crippen LogP contribution is 2.17. The van der Waals surface area contributed by atoms with Gasteiger partial charge in [-0.2, -0.15) is 0 Å². The summed E-state index contributed by atoms with van der Waals surface area (Å²) in [5, 5.41) is 3.62. The minimum Gasteiger partial charge on any atom is -0.353 e. The average molecular weight is 455 g/mol. The summed E-state index contributed by atoms with van der Waals surface area (Å²) in [6.45, 7) is 7.12. The average Bonchev–Trinajstić information content (AvgIpc) is 3.27. The third-order valence-electron chi connectivity index (χ3n) is 6.11. The number of hydrogen-bond donors (Lipinski definition) is 1. The van der Waals surface area contributed by atoms with E-state index in [4.69, 9.17) is 11.6 Å². The number of amides is 1. The Hall–Kier alpha value is -2.90. The summed E-state index contributed by atoms with van der Waals surface area (Å²) in [5.74, 6) is -0.280. The molecule has 0 saturated carbocycles. The quantitative estimate of drug-likeness (QED) is 0.621. The fourth-order valence-electron chi connectivity index (χ4n) is 4.14. The Balaban J connectivity index is 1.72. The van der Waals surface area contributed by atoms with E-state index in [0.717, 1.165) is 35.3 Å². The minimum atomic E-state index is -0.567. The SMILES string of the molecule is Cc1ccc(-n2c(=O)c3ccc(Cl)cc3n(CC(=O)NCCN3CCCC3)c2=O)cc1C. The lowest BCUT2D eigenvalue weighted by molar-refractivity contribution is -0.121. The Labute approximate surface area is 191 Å². The van der Waals surface area contributed by atoms with Crippen LogP contribution in [0.3, 0.4) is 0 Å². The number of carbonyl (C=O) groups excluding carboxylic acids is 1. The van der Waals surface area contributed by atoms with E-state index in [9.17, 15) is 14.4 Å². The molecule has 0 spiro atoms. The van der Waals surface area contributed by atoms with Crippen LogP contribution in [-0.4, -0.2) is 46.1 Å². The van der Waals surface area contributed by atoms with Gasteiger partial charge in [0.05, 0.1) is 16.6 Å². The molecule has 0 atom stereocenters. The van der Waals surface area contributed by atoms with Crippen molar-refractivity contribution in [2.24, 2.45) is 0 Å². The lowest BCUT2D eigenvalue weighted by Crippen LogP contribution is -2.42. The number of carbonyl (C=O) groups is 1. The molecule has 7 nitrogen and oxygen atoms in total. The molecule has 1 aliphatic rings. The molecule has 1 saturated heterocycles. The highest BCUT2D eigenvalue weighted by molar-refractivity contribution is 6.31. The molecule has 1 N–H and O–H groups in total. The maximum absolute atomic E-state index is 13.4. The monoisotopic (exact) mass is 454 g/mol. The third-order valence-corrected chi connectivity index (χ3v) is 6.34. The molecule has 4 rings (SSSR count). The first kappa shape index (κ1) is 22.3. The molecule has 0 aliphatic carbocycles. The van der Waals surface area contributed by atoms with Crippen molar-refractivity contribution in [2.75, 3.05) is 26.2 Å². The maximum Gasteiger partial charge on any atom is 0.336 e. The third kappa shape index (κ3) is 4.49. The molecular formula is C24H27ClN4O3. The van der Waals surface area contributed by atoms with Crippen molar-refractivity contribution < 1.29 is 4.79 Å².